The van der Waals surface area contributed by atoms with Gasteiger partial charge in [-0.1, -0.05) is 60.1 Å². The van der Waals surface area contributed by atoms with Crippen molar-refractivity contribution in [3.8, 4) is 22.6 Å². The molecular formula is C44H45ClN8O6S. The minimum atomic E-state index is -4.58. The van der Waals surface area contributed by atoms with E-state index in [0.717, 1.165) is 41.2 Å². The third-order valence-electron chi connectivity index (χ3n) is 11.3. The van der Waals surface area contributed by atoms with Crippen molar-refractivity contribution in [3.63, 3.8) is 0 Å². The number of hydrazine groups is 1. The number of likely N-dealkylation sites (N-methyl/N-ethyl adjacent to an activating group) is 1. The summed E-state index contributed by atoms with van der Waals surface area (Å²) in [6.45, 7) is 7.58. The maximum atomic E-state index is 14.2. The second-order valence-corrected chi connectivity index (χ2v) is 17.1. The smallest absolute Gasteiger partial charge is 0.295 e. The van der Waals surface area contributed by atoms with Crippen molar-refractivity contribution in [3.05, 3.63) is 142 Å². The number of sulfonamides is 1. The number of benzene rings is 5. The van der Waals surface area contributed by atoms with Crippen LogP contribution in [0.25, 0.3) is 22.0 Å². The van der Waals surface area contributed by atoms with Crippen LogP contribution in [0.1, 0.15) is 28.9 Å². The second-order valence-electron chi connectivity index (χ2n) is 15.0. The van der Waals surface area contributed by atoms with Crippen molar-refractivity contribution >= 4 is 55.5 Å². The van der Waals surface area contributed by atoms with E-state index in [1.165, 1.54) is 23.8 Å². The summed E-state index contributed by atoms with van der Waals surface area (Å²) in [5.41, 5.74) is 7.63. The van der Waals surface area contributed by atoms with Gasteiger partial charge in [-0.2, -0.15) is 0 Å². The number of halogens is 1. The molecule has 2 saturated heterocycles. The number of aromatic amines is 1. The zero-order valence-electron chi connectivity index (χ0n) is 33.2. The first-order chi connectivity index (χ1) is 28.9. The molecule has 0 saturated carbocycles. The molecule has 3 heterocycles. The van der Waals surface area contributed by atoms with E-state index in [1.54, 1.807) is 18.3 Å². The van der Waals surface area contributed by atoms with Gasteiger partial charge in [-0.3, -0.25) is 19.8 Å². The lowest BCUT2D eigenvalue weighted by Gasteiger charge is -2.40. The molecule has 16 heteroatoms. The lowest BCUT2D eigenvalue weighted by molar-refractivity contribution is -0.384. The van der Waals surface area contributed by atoms with Gasteiger partial charge < -0.3 is 24.9 Å². The Morgan fingerprint density at radius 3 is 2.35 bits per heavy atom. The van der Waals surface area contributed by atoms with Gasteiger partial charge in [0, 0.05) is 86.6 Å². The predicted octanol–water partition coefficient (Wildman–Crippen LogP) is 7.77. The normalized spacial score (nSPS) is 16.1. The van der Waals surface area contributed by atoms with E-state index in [4.69, 9.17) is 16.3 Å². The number of para-hydroxylation sites is 1. The van der Waals surface area contributed by atoms with Gasteiger partial charge >= 0.3 is 0 Å². The fraction of sp³-hybridized carbons (Fsp3) is 0.250. The zero-order chi connectivity index (χ0) is 42.0. The summed E-state index contributed by atoms with van der Waals surface area (Å²) >= 11 is 6.20. The lowest BCUT2D eigenvalue weighted by atomic mass is 9.94. The molecule has 0 spiro atoms. The average molecular weight is 849 g/mol. The summed E-state index contributed by atoms with van der Waals surface area (Å²) in [5, 5.41) is 15.5. The van der Waals surface area contributed by atoms with Crippen LogP contribution in [0.3, 0.4) is 0 Å². The molecular weight excluding hydrogens is 804 g/mol. The number of anilines is 2. The number of carbonyl (C=O) groups is 1. The summed E-state index contributed by atoms with van der Waals surface area (Å²) in [4.78, 5) is 35.1. The number of nitro benzene ring substituents is 1. The molecule has 0 aliphatic carbocycles. The number of hydrogen-bond acceptors (Lipinski definition) is 11. The topological polar surface area (TPSA) is 156 Å². The van der Waals surface area contributed by atoms with Crippen LogP contribution in [0, 0.1) is 10.1 Å². The van der Waals surface area contributed by atoms with Gasteiger partial charge in [0.05, 0.1) is 21.1 Å². The molecule has 1 atom stereocenters. The summed E-state index contributed by atoms with van der Waals surface area (Å²) in [6.07, 6.45) is 1.79. The lowest BCUT2D eigenvalue weighted by Crippen LogP contribution is -2.47. The van der Waals surface area contributed by atoms with Crippen LogP contribution in [-0.2, 0) is 10.0 Å². The van der Waals surface area contributed by atoms with Gasteiger partial charge in [-0.15, -0.1) is 0 Å². The van der Waals surface area contributed by atoms with Crippen LogP contribution >= 0.6 is 11.6 Å². The summed E-state index contributed by atoms with van der Waals surface area (Å²) < 4.78 is 36.4. The van der Waals surface area contributed by atoms with E-state index in [9.17, 15) is 23.3 Å². The van der Waals surface area contributed by atoms with E-state index < -0.39 is 31.4 Å². The number of hydrogen-bond donors (Lipinski definition) is 3. The standard InChI is InChI=1S/C44H45ClN8O6S/c1-30(34-7-3-4-8-35(34)31-13-15-32(45)16-14-31)50-23-25-51(26-24-50)40-11-5-9-37(43(40)59-42-12-6-10-38-36(42)19-20-46-38)44(54)48-60(57,58)33-17-18-39(41(29-33)53(55)56)47-52-27-21-49(2)22-28-52/h3-20,29-30,46-47H,21-28H2,1-2H3,(H,48,54). The molecule has 310 valence electrons. The Hall–Kier alpha value is -5.97. The second kappa shape index (κ2) is 17.3. The molecule has 3 N–H and O–H groups in total. The molecule has 6 aromatic rings. The van der Waals surface area contributed by atoms with Crippen molar-refractivity contribution in [2.45, 2.75) is 17.9 Å². The largest absolute Gasteiger partial charge is 0.454 e. The van der Waals surface area contributed by atoms with Gasteiger partial charge in [0.25, 0.3) is 21.6 Å². The highest BCUT2D eigenvalue weighted by Crippen LogP contribution is 2.40. The molecule has 8 rings (SSSR count). The number of rotatable bonds is 12. The molecule has 5 aromatic carbocycles. The Labute approximate surface area is 353 Å². The third kappa shape index (κ3) is 8.67. The first-order valence-electron chi connectivity index (χ1n) is 19.7. The number of amides is 1. The van der Waals surface area contributed by atoms with Crippen molar-refractivity contribution in [1.29, 1.82) is 0 Å². The van der Waals surface area contributed by atoms with Crippen molar-refractivity contribution < 1.29 is 22.9 Å². The highest BCUT2D eigenvalue weighted by molar-refractivity contribution is 7.90. The molecule has 0 radical (unpaired) electrons. The number of carbonyl (C=O) groups excluding carboxylic acids is 1. The van der Waals surface area contributed by atoms with Gasteiger partial charge in [0.1, 0.15) is 11.4 Å². The summed E-state index contributed by atoms with van der Waals surface area (Å²) in [6, 6.07) is 32.3. The van der Waals surface area contributed by atoms with E-state index in [-0.39, 0.29) is 23.0 Å². The SMILES string of the molecule is CC(c1ccccc1-c1ccc(Cl)cc1)N1CCN(c2cccc(C(=O)NS(=O)(=O)c3ccc(NN4CCN(C)CC4)c([N+](=O)[O-])c3)c2Oc2cccc3[nH]ccc23)CC1. The number of H-pyrrole nitrogens is 1. The number of aromatic nitrogens is 1. The summed E-state index contributed by atoms with van der Waals surface area (Å²) in [5.74, 6) is -0.282. The average Bonchev–Trinajstić information content (AvgIpc) is 3.75. The monoisotopic (exact) mass is 848 g/mol. The first-order valence-corrected chi connectivity index (χ1v) is 21.6. The fourth-order valence-electron chi connectivity index (χ4n) is 7.86. The molecule has 2 fully saturated rings. The molecule has 1 amide bonds. The highest BCUT2D eigenvalue weighted by Gasteiger charge is 2.30. The molecule has 2 aliphatic heterocycles. The highest BCUT2D eigenvalue weighted by atomic mass is 35.5. The fourth-order valence-corrected chi connectivity index (χ4v) is 8.98. The first kappa shape index (κ1) is 40.8. The Morgan fingerprint density at radius 2 is 1.60 bits per heavy atom. The molecule has 60 heavy (non-hydrogen) atoms. The molecule has 14 nitrogen and oxygen atoms in total. The van der Waals surface area contributed by atoms with Crippen molar-refractivity contribution in [2.24, 2.45) is 0 Å². The predicted molar refractivity (Wildman–Crippen MR) is 234 cm³/mol. The van der Waals surface area contributed by atoms with E-state index in [1.807, 2.05) is 66.7 Å². The Balaban J connectivity index is 1.06. The van der Waals surface area contributed by atoms with E-state index in [2.05, 4.69) is 55.0 Å². The van der Waals surface area contributed by atoms with Crippen LogP contribution in [0.5, 0.6) is 11.5 Å². The molecule has 2 aliphatic rings. The van der Waals surface area contributed by atoms with Crippen molar-refractivity contribution in [2.75, 3.05) is 69.7 Å². The number of nitrogens with zero attached hydrogens (tertiary/aromatic N) is 5. The number of nitrogens with one attached hydrogen (secondary N) is 3. The van der Waals surface area contributed by atoms with E-state index >= 15 is 0 Å². The maximum absolute atomic E-state index is 14.2. The van der Waals surface area contributed by atoms with Crippen LogP contribution in [0.4, 0.5) is 17.1 Å². The molecule has 1 unspecified atom stereocenters. The number of nitro groups is 1. The van der Waals surface area contributed by atoms with Crippen LogP contribution in [0.15, 0.2) is 120 Å². The quantitative estimate of drug-likeness (QED) is 0.0817. The van der Waals surface area contributed by atoms with Gasteiger partial charge in [-0.05, 0) is 85.3 Å². The molecule has 0 bridgehead atoms. The Bertz CT molecular complexity index is 2640. The maximum Gasteiger partial charge on any atom is 0.295 e. The van der Waals surface area contributed by atoms with Gasteiger partial charge in [0.15, 0.2) is 5.75 Å². The number of piperazine rings is 2. The Kier molecular flexibility index (Phi) is 11.8. The zero-order valence-corrected chi connectivity index (χ0v) is 34.7. The van der Waals surface area contributed by atoms with E-state index in [0.29, 0.717) is 55.7 Å². The van der Waals surface area contributed by atoms with Crippen molar-refractivity contribution in [1.82, 2.24) is 24.5 Å². The minimum absolute atomic E-state index is 0.0147. The van der Waals surface area contributed by atoms with Gasteiger partial charge in [0.2, 0.25) is 0 Å². The van der Waals surface area contributed by atoms with Crippen LogP contribution < -0.4 is 19.8 Å². The number of ether oxygens (including phenoxy) is 1. The van der Waals surface area contributed by atoms with Crippen LogP contribution in [-0.4, -0.2) is 98.4 Å². The Morgan fingerprint density at radius 1 is 0.867 bits per heavy atom. The molecule has 1 aromatic heterocycles. The minimum Gasteiger partial charge on any atom is -0.454 e. The third-order valence-corrected chi connectivity index (χ3v) is 12.8. The number of fused-ring (bicyclic) bond motifs is 1. The van der Waals surface area contributed by atoms with Crippen LogP contribution in [0.2, 0.25) is 5.02 Å². The summed E-state index contributed by atoms with van der Waals surface area (Å²) in [7, 11) is -2.59. The van der Waals surface area contributed by atoms with Gasteiger partial charge in [-0.25, -0.2) is 18.1 Å².